The van der Waals surface area contributed by atoms with Crippen LogP contribution in [-0.4, -0.2) is 30.7 Å². The van der Waals surface area contributed by atoms with Crippen LogP contribution in [0.1, 0.15) is 18.4 Å². The molecule has 0 aliphatic carbocycles. The average Bonchev–Trinajstić information content (AvgIpc) is 2.85. The first-order valence-electron chi connectivity index (χ1n) is 5.92. The van der Waals surface area contributed by atoms with E-state index in [0.29, 0.717) is 31.1 Å². The van der Waals surface area contributed by atoms with Crippen molar-refractivity contribution in [3.63, 3.8) is 0 Å². The van der Waals surface area contributed by atoms with E-state index < -0.39 is 5.54 Å². The molecular formula is C12H14N2O3S. The predicted molar refractivity (Wildman–Crippen MR) is 67.9 cm³/mol. The van der Waals surface area contributed by atoms with Crippen molar-refractivity contribution in [2.75, 3.05) is 18.1 Å². The standard InChI is InChI=1S/C12H14N2O3S/c1-8-6-9(18-7-8)14-10(15)12(13-11(14)16)2-4-17-5-3-12/h6-7H,2-5H2,1H3,(H,13,16). The minimum atomic E-state index is -0.743. The molecule has 2 saturated heterocycles. The van der Waals surface area contributed by atoms with Gasteiger partial charge in [0.2, 0.25) is 0 Å². The van der Waals surface area contributed by atoms with Crippen molar-refractivity contribution in [2.45, 2.75) is 25.3 Å². The molecule has 3 heterocycles. The van der Waals surface area contributed by atoms with Crippen LogP contribution in [0, 0.1) is 6.92 Å². The quantitative estimate of drug-likeness (QED) is 0.786. The molecule has 0 bridgehead atoms. The summed E-state index contributed by atoms with van der Waals surface area (Å²) < 4.78 is 5.27. The minimum Gasteiger partial charge on any atom is -0.381 e. The van der Waals surface area contributed by atoms with Crippen molar-refractivity contribution in [1.29, 1.82) is 0 Å². The van der Waals surface area contributed by atoms with Crippen LogP contribution in [-0.2, 0) is 9.53 Å². The molecule has 1 aromatic rings. The summed E-state index contributed by atoms with van der Waals surface area (Å²) in [7, 11) is 0. The predicted octanol–water partition coefficient (Wildman–Crippen LogP) is 1.66. The first kappa shape index (κ1) is 11.7. The van der Waals surface area contributed by atoms with Crippen LogP contribution in [0.5, 0.6) is 0 Å². The summed E-state index contributed by atoms with van der Waals surface area (Å²) in [5.74, 6) is -0.141. The number of anilines is 1. The maximum absolute atomic E-state index is 12.5. The highest BCUT2D eigenvalue weighted by Gasteiger charge is 2.52. The van der Waals surface area contributed by atoms with Crippen LogP contribution in [0.2, 0.25) is 0 Å². The van der Waals surface area contributed by atoms with Gasteiger partial charge >= 0.3 is 6.03 Å². The topological polar surface area (TPSA) is 58.6 Å². The third-order valence-electron chi connectivity index (χ3n) is 3.45. The van der Waals surface area contributed by atoms with Crippen molar-refractivity contribution in [3.8, 4) is 0 Å². The molecule has 0 saturated carbocycles. The monoisotopic (exact) mass is 266 g/mol. The highest BCUT2D eigenvalue weighted by Crippen LogP contribution is 2.34. The number of rotatable bonds is 1. The fourth-order valence-electron chi connectivity index (χ4n) is 2.41. The van der Waals surface area contributed by atoms with Gasteiger partial charge in [0.1, 0.15) is 10.5 Å². The summed E-state index contributed by atoms with van der Waals surface area (Å²) in [5.41, 5.74) is 0.316. The Balaban J connectivity index is 1.93. The largest absolute Gasteiger partial charge is 0.381 e. The molecule has 2 fully saturated rings. The van der Waals surface area contributed by atoms with Crippen LogP contribution >= 0.6 is 11.3 Å². The van der Waals surface area contributed by atoms with Crippen LogP contribution in [0.25, 0.3) is 0 Å². The molecule has 5 nitrogen and oxygen atoms in total. The number of ether oxygens (including phenoxy) is 1. The number of aryl methyl sites for hydroxylation is 1. The Morgan fingerprint density at radius 2 is 2.11 bits per heavy atom. The number of nitrogens with one attached hydrogen (secondary N) is 1. The Kier molecular flexibility index (Phi) is 2.64. The van der Waals surface area contributed by atoms with E-state index in [0.717, 1.165) is 5.56 Å². The first-order chi connectivity index (χ1) is 8.62. The number of thiophene rings is 1. The lowest BCUT2D eigenvalue weighted by Crippen LogP contribution is -2.51. The molecule has 0 aromatic carbocycles. The van der Waals surface area contributed by atoms with Gasteiger partial charge in [-0.25, -0.2) is 9.69 Å². The summed E-state index contributed by atoms with van der Waals surface area (Å²) in [4.78, 5) is 25.8. The molecular weight excluding hydrogens is 252 g/mol. The molecule has 2 aliphatic heterocycles. The van der Waals surface area contributed by atoms with Crippen LogP contribution in [0.3, 0.4) is 0 Å². The van der Waals surface area contributed by atoms with Gasteiger partial charge in [-0.1, -0.05) is 0 Å². The molecule has 1 N–H and O–H groups in total. The third-order valence-corrected chi connectivity index (χ3v) is 4.48. The van der Waals surface area contributed by atoms with E-state index in [1.807, 2.05) is 18.4 Å². The van der Waals surface area contributed by atoms with Gasteiger partial charge in [0.25, 0.3) is 5.91 Å². The average molecular weight is 266 g/mol. The zero-order chi connectivity index (χ0) is 12.8. The van der Waals surface area contributed by atoms with Crippen molar-refractivity contribution in [2.24, 2.45) is 0 Å². The maximum Gasteiger partial charge on any atom is 0.330 e. The highest BCUT2D eigenvalue weighted by atomic mass is 32.1. The van der Waals surface area contributed by atoms with Crippen molar-refractivity contribution < 1.29 is 14.3 Å². The minimum absolute atomic E-state index is 0.141. The normalized spacial score (nSPS) is 22.6. The van der Waals surface area contributed by atoms with Gasteiger partial charge in [-0.05, 0) is 23.9 Å². The summed E-state index contributed by atoms with van der Waals surface area (Å²) in [5, 5.41) is 5.47. The summed E-state index contributed by atoms with van der Waals surface area (Å²) in [6.07, 6.45) is 1.11. The molecule has 0 atom stereocenters. The molecule has 0 radical (unpaired) electrons. The van der Waals surface area contributed by atoms with E-state index in [9.17, 15) is 9.59 Å². The lowest BCUT2D eigenvalue weighted by Gasteiger charge is -2.30. The highest BCUT2D eigenvalue weighted by molar-refractivity contribution is 7.14. The number of amides is 3. The Hall–Kier alpha value is -1.40. The van der Waals surface area contributed by atoms with Crippen molar-refractivity contribution in [1.82, 2.24) is 5.32 Å². The number of hydrogen-bond donors (Lipinski definition) is 1. The second-order valence-electron chi connectivity index (χ2n) is 4.73. The fourth-order valence-corrected chi connectivity index (χ4v) is 3.31. The molecule has 3 amide bonds. The van der Waals surface area contributed by atoms with E-state index in [1.54, 1.807) is 0 Å². The van der Waals surface area contributed by atoms with Crippen LogP contribution in [0.4, 0.5) is 9.80 Å². The molecule has 18 heavy (non-hydrogen) atoms. The molecule has 0 unspecified atom stereocenters. The van der Waals surface area contributed by atoms with E-state index in [4.69, 9.17) is 4.74 Å². The number of hydrogen-bond acceptors (Lipinski definition) is 4. The number of urea groups is 1. The van der Waals surface area contributed by atoms with Crippen molar-refractivity contribution in [3.05, 3.63) is 17.0 Å². The number of imide groups is 1. The number of nitrogens with zero attached hydrogens (tertiary/aromatic N) is 1. The van der Waals surface area contributed by atoms with E-state index in [1.165, 1.54) is 16.2 Å². The van der Waals surface area contributed by atoms with Crippen LogP contribution < -0.4 is 10.2 Å². The van der Waals surface area contributed by atoms with Gasteiger partial charge in [0.05, 0.1) is 0 Å². The fraction of sp³-hybridized carbons (Fsp3) is 0.500. The van der Waals surface area contributed by atoms with Gasteiger partial charge < -0.3 is 10.1 Å². The van der Waals surface area contributed by atoms with E-state index in [-0.39, 0.29) is 11.9 Å². The van der Waals surface area contributed by atoms with Gasteiger partial charge in [0, 0.05) is 26.1 Å². The van der Waals surface area contributed by atoms with Gasteiger partial charge in [-0.3, -0.25) is 4.79 Å². The molecule has 96 valence electrons. The lowest BCUT2D eigenvalue weighted by molar-refractivity contribution is -0.125. The Labute approximate surface area is 109 Å². The van der Waals surface area contributed by atoms with E-state index >= 15 is 0 Å². The Morgan fingerprint density at radius 1 is 1.39 bits per heavy atom. The second-order valence-corrected chi connectivity index (χ2v) is 5.62. The summed E-state index contributed by atoms with van der Waals surface area (Å²) in [6.45, 7) is 2.98. The summed E-state index contributed by atoms with van der Waals surface area (Å²) >= 11 is 1.41. The second kappa shape index (κ2) is 4.07. The number of carbonyl (C=O) groups is 2. The van der Waals surface area contributed by atoms with Crippen molar-refractivity contribution >= 4 is 28.3 Å². The third kappa shape index (κ3) is 1.64. The maximum atomic E-state index is 12.5. The molecule has 3 rings (SSSR count). The smallest absolute Gasteiger partial charge is 0.330 e. The Bertz CT molecular complexity index is 505. The number of carbonyl (C=O) groups excluding carboxylic acids is 2. The van der Waals surface area contributed by atoms with Crippen LogP contribution in [0.15, 0.2) is 11.4 Å². The zero-order valence-electron chi connectivity index (χ0n) is 10.1. The summed E-state index contributed by atoms with van der Waals surface area (Å²) in [6, 6.07) is 1.55. The first-order valence-corrected chi connectivity index (χ1v) is 6.80. The van der Waals surface area contributed by atoms with Gasteiger partial charge in [-0.2, -0.15) is 0 Å². The molecule has 1 spiro atoms. The molecule has 2 aliphatic rings. The molecule has 1 aromatic heterocycles. The van der Waals surface area contributed by atoms with Gasteiger partial charge in [-0.15, -0.1) is 11.3 Å². The van der Waals surface area contributed by atoms with Gasteiger partial charge in [0.15, 0.2) is 0 Å². The molecule has 6 heteroatoms. The Morgan fingerprint density at radius 3 is 2.72 bits per heavy atom. The zero-order valence-corrected chi connectivity index (χ0v) is 10.9. The van der Waals surface area contributed by atoms with E-state index in [2.05, 4.69) is 5.32 Å². The SMILES string of the molecule is Cc1csc(N2C(=O)NC3(CCOCC3)C2=O)c1. The lowest BCUT2D eigenvalue weighted by atomic mass is 9.90.